The summed E-state index contributed by atoms with van der Waals surface area (Å²) in [6, 6.07) is 8.35. The van der Waals surface area contributed by atoms with Crippen molar-refractivity contribution in [2.24, 2.45) is 12.5 Å². The summed E-state index contributed by atoms with van der Waals surface area (Å²) >= 11 is 1.63. The number of thiophene rings is 1. The molecular weight excluding hydrogens is 356 g/mol. The van der Waals surface area contributed by atoms with Crippen LogP contribution in [-0.2, 0) is 12.6 Å². The molecule has 4 aromatic heterocycles. The molecule has 2 aliphatic rings. The molecule has 0 unspecified atom stereocenters. The Hall–Kier alpha value is -2.31. The van der Waals surface area contributed by atoms with Gasteiger partial charge in [-0.05, 0) is 55.4 Å². The average molecular weight is 376 g/mol. The standard InChI is InChI=1S/C21H20N4OS/c1-25-10-15-7-14(9-22-18(15)24-25)16-4-3-13-8-17(27-19(13)23-16)21(26)11-20(12-21)5-2-6-20/h3-4,7-10,26H,2,5-6,11-12H2,1H3. The monoisotopic (exact) mass is 376 g/mol. The van der Waals surface area contributed by atoms with Crippen molar-refractivity contribution in [2.45, 2.75) is 37.7 Å². The molecule has 6 heteroatoms. The summed E-state index contributed by atoms with van der Waals surface area (Å²) in [6.07, 6.45) is 9.53. The van der Waals surface area contributed by atoms with E-state index >= 15 is 0 Å². The van der Waals surface area contributed by atoms with Crippen LogP contribution >= 0.6 is 11.3 Å². The fourth-order valence-electron chi connectivity index (χ4n) is 4.87. The Bertz CT molecular complexity index is 1200. The molecule has 0 bridgehead atoms. The molecule has 0 amide bonds. The molecular formula is C21H20N4OS. The van der Waals surface area contributed by atoms with Gasteiger partial charge in [-0.15, -0.1) is 11.3 Å². The van der Waals surface area contributed by atoms with Crippen LogP contribution in [0.5, 0.6) is 0 Å². The number of hydrogen-bond donors (Lipinski definition) is 1. The molecule has 4 aromatic rings. The van der Waals surface area contributed by atoms with E-state index in [1.165, 1.54) is 19.3 Å². The lowest BCUT2D eigenvalue weighted by Crippen LogP contribution is -2.52. The van der Waals surface area contributed by atoms with Crippen molar-refractivity contribution in [1.29, 1.82) is 0 Å². The molecule has 136 valence electrons. The summed E-state index contributed by atoms with van der Waals surface area (Å²) < 4.78 is 1.78. The van der Waals surface area contributed by atoms with Crippen LogP contribution in [0.15, 0.2) is 36.7 Å². The van der Waals surface area contributed by atoms with Crippen molar-refractivity contribution in [3.05, 3.63) is 41.5 Å². The van der Waals surface area contributed by atoms with Gasteiger partial charge in [-0.25, -0.2) is 9.97 Å². The van der Waals surface area contributed by atoms with Gasteiger partial charge in [0.1, 0.15) is 4.83 Å². The zero-order valence-electron chi connectivity index (χ0n) is 15.1. The first kappa shape index (κ1) is 15.7. The molecule has 2 aliphatic carbocycles. The van der Waals surface area contributed by atoms with E-state index in [9.17, 15) is 5.11 Å². The van der Waals surface area contributed by atoms with Gasteiger partial charge in [0.05, 0.1) is 11.3 Å². The van der Waals surface area contributed by atoms with E-state index in [1.807, 2.05) is 25.5 Å². The van der Waals surface area contributed by atoms with Crippen LogP contribution in [0.3, 0.4) is 0 Å². The first-order valence-corrected chi connectivity index (χ1v) is 10.3. The van der Waals surface area contributed by atoms with E-state index in [1.54, 1.807) is 16.0 Å². The summed E-state index contributed by atoms with van der Waals surface area (Å²) in [5, 5.41) is 17.5. The zero-order chi connectivity index (χ0) is 18.2. The van der Waals surface area contributed by atoms with Crippen molar-refractivity contribution < 1.29 is 5.11 Å². The first-order chi connectivity index (χ1) is 13.0. The Labute approximate surface area is 160 Å². The molecule has 1 N–H and O–H groups in total. The lowest BCUT2D eigenvalue weighted by Gasteiger charge is -2.58. The van der Waals surface area contributed by atoms with Crippen LogP contribution in [0.4, 0.5) is 0 Å². The minimum atomic E-state index is -0.637. The number of fused-ring (bicyclic) bond motifs is 2. The Morgan fingerprint density at radius 3 is 2.78 bits per heavy atom. The second-order valence-corrected chi connectivity index (χ2v) is 9.41. The largest absolute Gasteiger partial charge is 0.384 e. The van der Waals surface area contributed by atoms with Crippen LogP contribution in [0, 0.1) is 5.41 Å². The van der Waals surface area contributed by atoms with Gasteiger partial charge in [0, 0.05) is 40.7 Å². The summed E-state index contributed by atoms with van der Waals surface area (Å²) in [4.78, 5) is 11.4. The fourth-order valence-corrected chi connectivity index (χ4v) is 5.99. The molecule has 2 fully saturated rings. The number of rotatable bonds is 2. The van der Waals surface area contributed by atoms with Gasteiger partial charge in [-0.2, -0.15) is 5.10 Å². The average Bonchev–Trinajstić information content (AvgIpc) is 3.18. The Morgan fingerprint density at radius 2 is 2.00 bits per heavy atom. The third-order valence-corrected chi connectivity index (χ3v) is 7.60. The molecule has 0 radical (unpaired) electrons. The lowest BCUT2D eigenvalue weighted by atomic mass is 9.49. The van der Waals surface area contributed by atoms with E-state index in [0.29, 0.717) is 5.41 Å². The quantitative estimate of drug-likeness (QED) is 0.563. The highest BCUT2D eigenvalue weighted by Crippen LogP contribution is 2.64. The number of aromatic nitrogens is 4. The summed E-state index contributed by atoms with van der Waals surface area (Å²) in [7, 11) is 1.90. The normalized spacial score (nSPS) is 20.1. The van der Waals surface area contributed by atoms with Crippen LogP contribution in [-0.4, -0.2) is 24.9 Å². The van der Waals surface area contributed by atoms with Crippen LogP contribution in [0.25, 0.3) is 32.5 Å². The number of pyridine rings is 2. The van der Waals surface area contributed by atoms with E-state index in [2.05, 4.69) is 28.3 Å². The molecule has 0 aromatic carbocycles. The number of aliphatic hydroxyl groups is 1. The van der Waals surface area contributed by atoms with Crippen molar-refractivity contribution in [2.75, 3.05) is 0 Å². The van der Waals surface area contributed by atoms with Gasteiger partial charge >= 0.3 is 0 Å². The number of hydrogen-bond acceptors (Lipinski definition) is 5. The van der Waals surface area contributed by atoms with Crippen molar-refractivity contribution in [3.63, 3.8) is 0 Å². The second-order valence-electron chi connectivity index (χ2n) is 8.38. The van der Waals surface area contributed by atoms with E-state index in [4.69, 9.17) is 4.98 Å². The second kappa shape index (κ2) is 5.14. The van der Waals surface area contributed by atoms with Crippen molar-refractivity contribution in [3.8, 4) is 11.3 Å². The van der Waals surface area contributed by atoms with Gasteiger partial charge in [-0.1, -0.05) is 6.42 Å². The molecule has 0 saturated heterocycles. The van der Waals surface area contributed by atoms with Gasteiger partial charge < -0.3 is 5.11 Å². The highest BCUT2D eigenvalue weighted by atomic mass is 32.1. The first-order valence-electron chi connectivity index (χ1n) is 9.45. The van der Waals surface area contributed by atoms with Gasteiger partial charge in [0.25, 0.3) is 0 Å². The fraction of sp³-hybridized carbons (Fsp3) is 0.381. The predicted octanol–water partition coefficient (Wildman–Crippen LogP) is 4.40. The SMILES string of the molecule is Cn1cc2cc(-c3ccc4cc(C5(O)CC6(CCC6)C5)sc4n3)cnc2n1. The predicted molar refractivity (Wildman–Crippen MR) is 107 cm³/mol. The van der Waals surface area contributed by atoms with Crippen molar-refractivity contribution in [1.82, 2.24) is 19.7 Å². The molecule has 0 aliphatic heterocycles. The highest BCUT2D eigenvalue weighted by Gasteiger charge is 2.57. The third-order valence-electron chi connectivity index (χ3n) is 6.36. The molecule has 4 heterocycles. The molecule has 1 spiro atoms. The topological polar surface area (TPSA) is 63.8 Å². The maximum Gasteiger partial charge on any atom is 0.181 e. The molecule has 2 saturated carbocycles. The highest BCUT2D eigenvalue weighted by molar-refractivity contribution is 7.18. The molecule has 6 rings (SSSR count). The smallest absolute Gasteiger partial charge is 0.181 e. The van der Waals surface area contributed by atoms with E-state index in [-0.39, 0.29) is 0 Å². The summed E-state index contributed by atoms with van der Waals surface area (Å²) in [5.74, 6) is 0. The summed E-state index contributed by atoms with van der Waals surface area (Å²) in [5.41, 5.74) is 2.45. The lowest BCUT2D eigenvalue weighted by molar-refractivity contribution is -0.166. The third kappa shape index (κ3) is 2.29. The maximum absolute atomic E-state index is 11.1. The minimum absolute atomic E-state index is 0.439. The molecule has 27 heavy (non-hydrogen) atoms. The van der Waals surface area contributed by atoms with Gasteiger partial charge in [-0.3, -0.25) is 4.68 Å². The van der Waals surface area contributed by atoms with Crippen LogP contribution in [0.2, 0.25) is 0 Å². The number of aryl methyl sites for hydroxylation is 1. The van der Waals surface area contributed by atoms with Crippen molar-refractivity contribution >= 4 is 32.6 Å². The Kier molecular flexibility index (Phi) is 3.00. The van der Waals surface area contributed by atoms with Crippen LogP contribution in [0.1, 0.15) is 37.0 Å². The maximum atomic E-state index is 11.1. The minimum Gasteiger partial charge on any atom is -0.384 e. The molecule has 5 nitrogen and oxygen atoms in total. The Morgan fingerprint density at radius 1 is 1.15 bits per heavy atom. The Balaban J connectivity index is 1.37. The zero-order valence-corrected chi connectivity index (χ0v) is 16.0. The van der Waals surface area contributed by atoms with Gasteiger partial charge in [0.2, 0.25) is 0 Å². The number of nitrogens with zero attached hydrogens (tertiary/aromatic N) is 4. The molecule has 0 atom stereocenters. The van der Waals surface area contributed by atoms with Crippen LogP contribution < -0.4 is 0 Å². The van der Waals surface area contributed by atoms with Gasteiger partial charge in [0.15, 0.2) is 5.65 Å². The van der Waals surface area contributed by atoms with E-state index < -0.39 is 5.60 Å². The summed E-state index contributed by atoms with van der Waals surface area (Å²) in [6.45, 7) is 0. The van der Waals surface area contributed by atoms with E-state index in [0.717, 1.165) is 50.2 Å².